The number of nitriles is 1. The Kier molecular flexibility index (Phi) is 6.62. The van der Waals surface area contributed by atoms with Crippen molar-refractivity contribution >= 4 is 0 Å². The van der Waals surface area contributed by atoms with Crippen molar-refractivity contribution in [3.05, 3.63) is 0 Å². The van der Waals surface area contributed by atoms with E-state index in [-0.39, 0.29) is 6.10 Å². The molecule has 0 spiro atoms. The molecule has 1 saturated carbocycles. The number of nitrogens with zero attached hydrogens (tertiary/aromatic N) is 1. The van der Waals surface area contributed by atoms with Gasteiger partial charge in [-0.3, -0.25) is 5.32 Å². The number of ether oxygens (including phenoxy) is 2. The molecule has 18 heavy (non-hydrogen) atoms. The standard InChI is InChI=1S/C14H26N2O2/c1-4-7-17-8-9-18-12(2)10-14(3,11-15)16-13-5-6-13/h12-13,16H,4-10H2,1-3H3. The van der Waals surface area contributed by atoms with Crippen molar-refractivity contribution in [2.75, 3.05) is 19.8 Å². The second-order valence-corrected chi connectivity index (χ2v) is 5.36. The van der Waals surface area contributed by atoms with Crippen LogP contribution in [0.25, 0.3) is 0 Å². The van der Waals surface area contributed by atoms with Crippen molar-refractivity contribution in [3.63, 3.8) is 0 Å². The van der Waals surface area contributed by atoms with Crippen molar-refractivity contribution < 1.29 is 9.47 Å². The van der Waals surface area contributed by atoms with Crippen LogP contribution in [0.4, 0.5) is 0 Å². The highest BCUT2D eigenvalue weighted by molar-refractivity contribution is 5.07. The number of nitrogens with one attached hydrogen (secondary N) is 1. The van der Waals surface area contributed by atoms with E-state index in [9.17, 15) is 5.26 Å². The zero-order chi connectivity index (χ0) is 13.4. The van der Waals surface area contributed by atoms with Crippen molar-refractivity contribution in [1.29, 1.82) is 5.26 Å². The second-order valence-electron chi connectivity index (χ2n) is 5.36. The third kappa shape index (κ3) is 6.34. The van der Waals surface area contributed by atoms with E-state index in [1.807, 2.05) is 13.8 Å². The summed E-state index contributed by atoms with van der Waals surface area (Å²) in [5, 5.41) is 12.6. The highest BCUT2D eigenvalue weighted by Gasteiger charge is 2.33. The normalized spacial score (nSPS) is 20.1. The van der Waals surface area contributed by atoms with E-state index in [0.717, 1.165) is 13.0 Å². The number of hydrogen-bond donors (Lipinski definition) is 1. The van der Waals surface area contributed by atoms with Crippen LogP contribution in [0, 0.1) is 11.3 Å². The van der Waals surface area contributed by atoms with Gasteiger partial charge < -0.3 is 9.47 Å². The molecule has 1 aliphatic carbocycles. The summed E-state index contributed by atoms with van der Waals surface area (Å²) in [6, 6.07) is 2.91. The molecule has 4 nitrogen and oxygen atoms in total. The fraction of sp³-hybridized carbons (Fsp3) is 0.929. The van der Waals surface area contributed by atoms with Gasteiger partial charge in [-0.25, -0.2) is 0 Å². The predicted molar refractivity (Wildman–Crippen MR) is 71.3 cm³/mol. The lowest BCUT2D eigenvalue weighted by molar-refractivity contribution is 0.00256. The first kappa shape index (κ1) is 15.4. The minimum Gasteiger partial charge on any atom is -0.379 e. The summed E-state index contributed by atoms with van der Waals surface area (Å²) in [7, 11) is 0. The van der Waals surface area contributed by atoms with Crippen LogP contribution >= 0.6 is 0 Å². The first-order chi connectivity index (χ1) is 8.59. The Bertz CT molecular complexity index is 273. The zero-order valence-corrected chi connectivity index (χ0v) is 11.9. The third-order valence-corrected chi connectivity index (χ3v) is 3.02. The minimum atomic E-state index is -0.467. The zero-order valence-electron chi connectivity index (χ0n) is 11.9. The SMILES string of the molecule is CCCOCCOC(C)CC(C)(C#N)NC1CC1. The van der Waals surface area contributed by atoms with Crippen LogP contribution in [-0.2, 0) is 9.47 Å². The van der Waals surface area contributed by atoms with Crippen LogP contribution in [0.2, 0.25) is 0 Å². The average Bonchev–Trinajstić information content (AvgIpc) is 3.12. The van der Waals surface area contributed by atoms with Crippen LogP contribution in [0.5, 0.6) is 0 Å². The Morgan fingerprint density at radius 3 is 2.67 bits per heavy atom. The summed E-state index contributed by atoms with van der Waals surface area (Å²) in [6.45, 7) is 8.09. The van der Waals surface area contributed by atoms with Crippen LogP contribution in [0.3, 0.4) is 0 Å². The second kappa shape index (κ2) is 7.73. The maximum absolute atomic E-state index is 9.26. The van der Waals surface area contributed by atoms with Gasteiger partial charge in [0.2, 0.25) is 0 Å². The molecule has 1 N–H and O–H groups in total. The fourth-order valence-electron chi connectivity index (χ4n) is 2.00. The van der Waals surface area contributed by atoms with E-state index in [4.69, 9.17) is 9.47 Å². The summed E-state index contributed by atoms with van der Waals surface area (Å²) < 4.78 is 11.0. The molecule has 0 aromatic rings. The van der Waals surface area contributed by atoms with Crippen LogP contribution in [-0.4, -0.2) is 37.5 Å². The Hall–Kier alpha value is -0.630. The van der Waals surface area contributed by atoms with Crippen LogP contribution in [0.15, 0.2) is 0 Å². The highest BCUT2D eigenvalue weighted by Crippen LogP contribution is 2.24. The van der Waals surface area contributed by atoms with E-state index >= 15 is 0 Å². The molecule has 0 aliphatic heterocycles. The predicted octanol–water partition coefficient (Wildman–Crippen LogP) is 2.24. The molecule has 1 aliphatic rings. The summed E-state index contributed by atoms with van der Waals surface area (Å²) >= 11 is 0. The van der Waals surface area contributed by atoms with Gasteiger partial charge in [0.15, 0.2) is 0 Å². The van der Waals surface area contributed by atoms with E-state index in [0.29, 0.717) is 25.7 Å². The van der Waals surface area contributed by atoms with E-state index < -0.39 is 5.54 Å². The molecular weight excluding hydrogens is 228 g/mol. The number of rotatable bonds is 10. The molecule has 1 fully saturated rings. The lowest BCUT2D eigenvalue weighted by Gasteiger charge is -2.26. The molecular formula is C14H26N2O2. The van der Waals surface area contributed by atoms with Gasteiger partial charge in [-0.15, -0.1) is 0 Å². The van der Waals surface area contributed by atoms with Gasteiger partial charge in [0.25, 0.3) is 0 Å². The molecule has 0 aromatic carbocycles. The molecule has 1 rings (SSSR count). The summed E-state index contributed by atoms with van der Waals surface area (Å²) in [6.07, 6.45) is 4.21. The smallest absolute Gasteiger partial charge is 0.106 e. The molecule has 0 bridgehead atoms. The summed E-state index contributed by atoms with van der Waals surface area (Å²) in [4.78, 5) is 0. The van der Waals surface area contributed by atoms with Crippen molar-refractivity contribution in [2.24, 2.45) is 0 Å². The van der Waals surface area contributed by atoms with Gasteiger partial charge in [-0.1, -0.05) is 6.92 Å². The average molecular weight is 254 g/mol. The molecule has 0 saturated heterocycles. The number of hydrogen-bond acceptors (Lipinski definition) is 4. The Morgan fingerprint density at radius 1 is 1.39 bits per heavy atom. The van der Waals surface area contributed by atoms with E-state index in [1.54, 1.807) is 0 Å². The van der Waals surface area contributed by atoms with Gasteiger partial charge in [0.1, 0.15) is 5.54 Å². The maximum atomic E-state index is 9.26. The lowest BCUT2D eigenvalue weighted by atomic mass is 9.96. The quantitative estimate of drug-likeness (QED) is 0.607. The molecule has 104 valence electrons. The van der Waals surface area contributed by atoms with E-state index in [2.05, 4.69) is 18.3 Å². The first-order valence-electron chi connectivity index (χ1n) is 6.98. The molecule has 4 heteroatoms. The highest BCUT2D eigenvalue weighted by atomic mass is 16.5. The van der Waals surface area contributed by atoms with Crippen LogP contribution < -0.4 is 5.32 Å². The Morgan fingerprint density at radius 2 is 2.11 bits per heavy atom. The Balaban J connectivity index is 2.16. The molecule has 2 atom stereocenters. The Labute approximate surface area is 111 Å². The third-order valence-electron chi connectivity index (χ3n) is 3.02. The molecule has 0 amide bonds. The van der Waals surface area contributed by atoms with Gasteiger partial charge in [-0.2, -0.15) is 5.26 Å². The van der Waals surface area contributed by atoms with Gasteiger partial charge in [0, 0.05) is 19.1 Å². The summed E-state index contributed by atoms with van der Waals surface area (Å²) in [5.41, 5.74) is -0.467. The molecule has 2 unspecified atom stereocenters. The monoisotopic (exact) mass is 254 g/mol. The molecule has 0 aromatic heterocycles. The van der Waals surface area contributed by atoms with E-state index in [1.165, 1.54) is 12.8 Å². The van der Waals surface area contributed by atoms with Crippen LogP contribution in [0.1, 0.15) is 46.5 Å². The largest absolute Gasteiger partial charge is 0.379 e. The fourth-order valence-corrected chi connectivity index (χ4v) is 2.00. The lowest BCUT2D eigenvalue weighted by Crippen LogP contribution is -2.45. The van der Waals surface area contributed by atoms with Crippen molar-refractivity contribution in [1.82, 2.24) is 5.32 Å². The molecule has 0 radical (unpaired) electrons. The van der Waals surface area contributed by atoms with Gasteiger partial charge >= 0.3 is 0 Å². The minimum absolute atomic E-state index is 0.0751. The summed E-state index contributed by atoms with van der Waals surface area (Å²) in [5.74, 6) is 0. The maximum Gasteiger partial charge on any atom is 0.106 e. The van der Waals surface area contributed by atoms with Crippen molar-refractivity contribution in [2.45, 2.75) is 64.1 Å². The first-order valence-corrected chi connectivity index (χ1v) is 6.98. The van der Waals surface area contributed by atoms with Gasteiger partial charge in [0.05, 0.1) is 25.4 Å². The van der Waals surface area contributed by atoms with Crippen molar-refractivity contribution in [3.8, 4) is 6.07 Å². The topological polar surface area (TPSA) is 54.3 Å². The molecule has 0 heterocycles. The van der Waals surface area contributed by atoms with Gasteiger partial charge in [-0.05, 0) is 33.1 Å².